The van der Waals surface area contributed by atoms with Crippen LogP contribution in [0.4, 0.5) is 5.69 Å². The third-order valence-corrected chi connectivity index (χ3v) is 2.97. The van der Waals surface area contributed by atoms with Crippen LogP contribution in [0.1, 0.15) is 15.9 Å². The lowest BCUT2D eigenvalue weighted by atomic mass is 10.1. The van der Waals surface area contributed by atoms with Crippen LogP contribution < -0.4 is 10.5 Å². The Morgan fingerprint density at radius 2 is 2.00 bits per heavy atom. The molecule has 0 atom stereocenters. The lowest BCUT2D eigenvalue weighted by molar-refractivity contribution is 0.0597. The standard InChI is InChI=1S/C15H14ClNO3/c1-19-15(18)14-12(17)6-3-7-13(14)20-9-10-4-2-5-11(16)8-10/h2-8H,9,17H2,1H3. The van der Waals surface area contributed by atoms with Gasteiger partial charge in [-0.1, -0.05) is 29.8 Å². The van der Waals surface area contributed by atoms with Crippen molar-refractivity contribution >= 4 is 23.3 Å². The number of nitrogen functional groups attached to an aromatic ring is 1. The molecule has 0 aliphatic heterocycles. The van der Waals surface area contributed by atoms with Crippen molar-refractivity contribution in [1.82, 2.24) is 0 Å². The van der Waals surface area contributed by atoms with Gasteiger partial charge in [-0.3, -0.25) is 0 Å². The van der Waals surface area contributed by atoms with Crippen LogP contribution in [0.25, 0.3) is 0 Å². The smallest absolute Gasteiger partial charge is 0.343 e. The van der Waals surface area contributed by atoms with Gasteiger partial charge in [-0.05, 0) is 29.8 Å². The molecule has 2 N–H and O–H groups in total. The molecule has 0 saturated heterocycles. The molecule has 0 unspecified atom stereocenters. The predicted molar refractivity (Wildman–Crippen MR) is 78.0 cm³/mol. The maximum Gasteiger partial charge on any atom is 0.343 e. The molecule has 104 valence electrons. The minimum atomic E-state index is -0.524. The minimum Gasteiger partial charge on any atom is -0.488 e. The summed E-state index contributed by atoms with van der Waals surface area (Å²) in [4.78, 5) is 11.7. The SMILES string of the molecule is COC(=O)c1c(N)cccc1OCc1cccc(Cl)c1. The zero-order chi connectivity index (χ0) is 14.5. The quantitative estimate of drug-likeness (QED) is 0.693. The van der Waals surface area contributed by atoms with E-state index in [0.29, 0.717) is 16.5 Å². The van der Waals surface area contributed by atoms with Crippen LogP contribution in [0, 0.1) is 0 Å². The summed E-state index contributed by atoms with van der Waals surface area (Å²) in [5.41, 5.74) is 7.24. The molecule has 0 aliphatic rings. The van der Waals surface area contributed by atoms with Crippen LogP contribution in [-0.4, -0.2) is 13.1 Å². The van der Waals surface area contributed by atoms with Crippen molar-refractivity contribution in [2.45, 2.75) is 6.61 Å². The molecule has 0 fully saturated rings. The second-order valence-corrected chi connectivity index (χ2v) is 4.57. The van der Waals surface area contributed by atoms with Crippen molar-refractivity contribution in [3.63, 3.8) is 0 Å². The average Bonchev–Trinajstić information content (AvgIpc) is 2.44. The highest BCUT2D eigenvalue weighted by Gasteiger charge is 2.16. The van der Waals surface area contributed by atoms with Gasteiger partial charge in [-0.2, -0.15) is 0 Å². The third kappa shape index (κ3) is 3.22. The van der Waals surface area contributed by atoms with E-state index in [1.54, 1.807) is 30.3 Å². The lowest BCUT2D eigenvalue weighted by Gasteiger charge is -2.12. The van der Waals surface area contributed by atoms with Crippen molar-refractivity contribution in [3.8, 4) is 5.75 Å². The topological polar surface area (TPSA) is 61.5 Å². The Labute approximate surface area is 122 Å². The summed E-state index contributed by atoms with van der Waals surface area (Å²) >= 11 is 5.91. The molecule has 0 radical (unpaired) electrons. The molecule has 4 nitrogen and oxygen atoms in total. The monoisotopic (exact) mass is 291 g/mol. The highest BCUT2D eigenvalue weighted by Crippen LogP contribution is 2.26. The molecule has 0 aliphatic carbocycles. The molecular weight excluding hydrogens is 278 g/mol. The summed E-state index contributed by atoms with van der Waals surface area (Å²) in [7, 11) is 1.30. The molecule has 5 heteroatoms. The summed E-state index contributed by atoms with van der Waals surface area (Å²) in [6.45, 7) is 0.286. The minimum absolute atomic E-state index is 0.233. The van der Waals surface area contributed by atoms with Gasteiger partial charge in [0.05, 0.1) is 7.11 Å². The van der Waals surface area contributed by atoms with Gasteiger partial charge >= 0.3 is 5.97 Å². The Bertz CT molecular complexity index is 628. The van der Waals surface area contributed by atoms with Crippen LogP contribution >= 0.6 is 11.6 Å². The van der Waals surface area contributed by atoms with Crippen molar-refractivity contribution in [2.75, 3.05) is 12.8 Å². The summed E-state index contributed by atoms with van der Waals surface area (Å²) in [6, 6.07) is 12.3. The van der Waals surface area contributed by atoms with E-state index >= 15 is 0 Å². The molecule has 0 spiro atoms. The van der Waals surface area contributed by atoms with E-state index in [1.165, 1.54) is 7.11 Å². The summed E-state index contributed by atoms with van der Waals surface area (Å²) in [5.74, 6) is -0.138. The van der Waals surface area contributed by atoms with E-state index in [0.717, 1.165) is 5.56 Å². The third-order valence-electron chi connectivity index (χ3n) is 2.73. The molecule has 0 heterocycles. The summed E-state index contributed by atoms with van der Waals surface area (Å²) < 4.78 is 10.4. The van der Waals surface area contributed by atoms with E-state index in [9.17, 15) is 4.79 Å². The van der Waals surface area contributed by atoms with E-state index in [-0.39, 0.29) is 12.2 Å². The number of hydrogen-bond donors (Lipinski definition) is 1. The Morgan fingerprint density at radius 1 is 1.25 bits per heavy atom. The van der Waals surface area contributed by atoms with Gasteiger partial charge in [0.15, 0.2) is 0 Å². The molecule has 0 amide bonds. The van der Waals surface area contributed by atoms with Gasteiger partial charge in [0.1, 0.15) is 17.9 Å². The molecule has 2 aromatic rings. The first-order chi connectivity index (χ1) is 9.61. The van der Waals surface area contributed by atoms with Crippen LogP contribution in [0.3, 0.4) is 0 Å². The van der Waals surface area contributed by atoms with E-state index in [1.807, 2.05) is 12.1 Å². The number of methoxy groups -OCH3 is 1. The van der Waals surface area contributed by atoms with Gasteiger partial charge < -0.3 is 15.2 Å². The molecule has 0 aromatic heterocycles. The molecule has 20 heavy (non-hydrogen) atoms. The molecule has 0 saturated carbocycles. The maximum atomic E-state index is 11.7. The number of halogens is 1. The first kappa shape index (κ1) is 14.2. The number of carbonyl (C=O) groups is 1. The van der Waals surface area contributed by atoms with Crippen LogP contribution in [0.5, 0.6) is 5.75 Å². The van der Waals surface area contributed by atoms with Gasteiger partial charge in [0.2, 0.25) is 0 Å². The van der Waals surface area contributed by atoms with Crippen molar-refractivity contribution < 1.29 is 14.3 Å². The Morgan fingerprint density at radius 3 is 2.70 bits per heavy atom. The fourth-order valence-electron chi connectivity index (χ4n) is 1.78. The second-order valence-electron chi connectivity index (χ2n) is 4.13. The van der Waals surface area contributed by atoms with Crippen LogP contribution in [0.15, 0.2) is 42.5 Å². The summed E-state index contributed by atoms with van der Waals surface area (Å²) in [5, 5.41) is 0.631. The lowest BCUT2D eigenvalue weighted by Crippen LogP contribution is -2.09. The van der Waals surface area contributed by atoms with Crippen molar-refractivity contribution in [2.24, 2.45) is 0 Å². The maximum absolute atomic E-state index is 11.7. The van der Waals surface area contributed by atoms with Crippen molar-refractivity contribution in [1.29, 1.82) is 0 Å². The van der Waals surface area contributed by atoms with E-state index in [2.05, 4.69) is 0 Å². The fourth-order valence-corrected chi connectivity index (χ4v) is 1.99. The Balaban J connectivity index is 2.21. The van der Waals surface area contributed by atoms with E-state index < -0.39 is 5.97 Å². The second kappa shape index (κ2) is 6.30. The number of rotatable bonds is 4. The number of anilines is 1. The fraction of sp³-hybridized carbons (Fsp3) is 0.133. The largest absolute Gasteiger partial charge is 0.488 e. The van der Waals surface area contributed by atoms with Gasteiger partial charge in [0, 0.05) is 10.7 Å². The average molecular weight is 292 g/mol. The molecular formula is C15H14ClNO3. The van der Waals surface area contributed by atoms with Crippen LogP contribution in [0.2, 0.25) is 5.02 Å². The normalized spacial score (nSPS) is 10.1. The number of nitrogens with two attached hydrogens (primary N) is 1. The molecule has 2 rings (SSSR count). The van der Waals surface area contributed by atoms with E-state index in [4.69, 9.17) is 26.8 Å². The van der Waals surface area contributed by atoms with Gasteiger partial charge in [-0.25, -0.2) is 4.79 Å². The number of ether oxygens (including phenoxy) is 2. The highest BCUT2D eigenvalue weighted by atomic mass is 35.5. The first-order valence-corrected chi connectivity index (χ1v) is 6.33. The number of hydrogen-bond acceptors (Lipinski definition) is 4. The zero-order valence-electron chi connectivity index (χ0n) is 10.9. The predicted octanol–water partition coefficient (Wildman–Crippen LogP) is 3.29. The van der Waals surface area contributed by atoms with Gasteiger partial charge in [0.25, 0.3) is 0 Å². The Hall–Kier alpha value is -2.20. The number of esters is 1. The highest BCUT2D eigenvalue weighted by molar-refractivity contribution is 6.30. The van der Waals surface area contributed by atoms with Gasteiger partial charge in [-0.15, -0.1) is 0 Å². The molecule has 0 bridgehead atoms. The summed E-state index contributed by atoms with van der Waals surface area (Å²) in [6.07, 6.45) is 0. The van der Waals surface area contributed by atoms with Crippen LogP contribution in [-0.2, 0) is 11.3 Å². The number of benzene rings is 2. The number of carbonyl (C=O) groups excluding carboxylic acids is 1. The molecule has 2 aromatic carbocycles. The zero-order valence-corrected chi connectivity index (χ0v) is 11.7. The first-order valence-electron chi connectivity index (χ1n) is 5.96. The Kier molecular flexibility index (Phi) is 4.48. The van der Waals surface area contributed by atoms with Crippen molar-refractivity contribution in [3.05, 3.63) is 58.6 Å².